The molecular formula is C18H22N4O6S. The lowest BCUT2D eigenvalue weighted by Crippen LogP contribution is -2.30. The fourth-order valence-corrected chi connectivity index (χ4v) is 4.09. The molecule has 0 aliphatic heterocycles. The number of aromatic hydroxyl groups is 1. The van der Waals surface area contributed by atoms with Gasteiger partial charge in [-0.2, -0.15) is 9.41 Å². The Bertz CT molecular complexity index is 1020. The van der Waals surface area contributed by atoms with E-state index in [1.165, 1.54) is 29.8 Å². The van der Waals surface area contributed by atoms with E-state index in [4.69, 9.17) is 4.74 Å². The summed E-state index contributed by atoms with van der Waals surface area (Å²) in [7, 11) is -2.43. The van der Waals surface area contributed by atoms with Crippen LogP contribution >= 0.6 is 0 Å². The van der Waals surface area contributed by atoms with Crippen molar-refractivity contribution in [3.05, 3.63) is 52.1 Å². The number of rotatable bonds is 9. The molecule has 10 nitrogen and oxygen atoms in total. The zero-order chi connectivity index (χ0) is 21.6. The van der Waals surface area contributed by atoms with Gasteiger partial charge in [0.1, 0.15) is 5.69 Å². The highest BCUT2D eigenvalue weighted by molar-refractivity contribution is 7.89. The third-order valence-electron chi connectivity index (χ3n) is 4.15. The van der Waals surface area contributed by atoms with Gasteiger partial charge in [-0.1, -0.05) is 19.9 Å². The Balaban J connectivity index is 2.34. The molecular weight excluding hydrogens is 400 g/mol. The average molecular weight is 422 g/mol. The lowest BCUT2D eigenvalue weighted by Gasteiger charge is -2.18. The Hall–Kier alpha value is -3.18. The maximum Gasteiger partial charge on any atom is 0.295 e. The zero-order valence-electron chi connectivity index (χ0n) is 16.2. The van der Waals surface area contributed by atoms with Crippen LogP contribution in [0, 0.1) is 10.1 Å². The van der Waals surface area contributed by atoms with Crippen LogP contribution in [0.4, 0.5) is 11.4 Å². The second kappa shape index (κ2) is 9.34. The molecule has 2 aromatic rings. The van der Waals surface area contributed by atoms with Gasteiger partial charge in [-0.05, 0) is 24.3 Å². The van der Waals surface area contributed by atoms with E-state index in [1.54, 1.807) is 32.0 Å². The van der Waals surface area contributed by atoms with Crippen molar-refractivity contribution in [1.82, 2.24) is 4.31 Å². The molecule has 0 fully saturated rings. The molecule has 2 aromatic carbocycles. The van der Waals surface area contributed by atoms with Gasteiger partial charge in [-0.3, -0.25) is 15.5 Å². The topological polar surface area (TPSA) is 134 Å². The van der Waals surface area contributed by atoms with E-state index in [1.807, 2.05) is 0 Å². The lowest BCUT2D eigenvalue weighted by atomic mass is 10.2. The Morgan fingerprint density at radius 1 is 1.28 bits per heavy atom. The molecule has 0 aromatic heterocycles. The van der Waals surface area contributed by atoms with Gasteiger partial charge >= 0.3 is 0 Å². The summed E-state index contributed by atoms with van der Waals surface area (Å²) in [4.78, 5) is 10.6. The molecule has 0 unspecified atom stereocenters. The van der Waals surface area contributed by atoms with Crippen LogP contribution in [0.3, 0.4) is 0 Å². The van der Waals surface area contributed by atoms with Crippen molar-refractivity contribution in [2.75, 3.05) is 25.6 Å². The third kappa shape index (κ3) is 4.81. The number of nitro groups is 1. The van der Waals surface area contributed by atoms with Gasteiger partial charge in [0.25, 0.3) is 5.69 Å². The van der Waals surface area contributed by atoms with Crippen LogP contribution in [0.15, 0.2) is 46.4 Å². The molecule has 0 aliphatic rings. The molecule has 0 atom stereocenters. The van der Waals surface area contributed by atoms with Crippen LogP contribution in [-0.4, -0.2) is 49.2 Å². The van der Waals surface area contributed by atoms with Crippen molar-refractivity contribution in [3.8, 4) is 11.5 Å². The molecule has 2 rings (SSSR count). The van der Waals surface area contributed by atoms with Crippen molar-refractivity contribution >= 4 is 27.6 Å². The van der Waals surface area contributed by atoms with Gasteiger partial charge in [0.2, 0.25) is 10.0 Å². The van der Waals surface area contributed by atoms with Gasteiger partial charge in [0, 0.05) is 24.7 Å². The summed E-state index contributed by atoms with van der Waals surface area (Å²) >= 11 is 0. The van der Waals surface area contributed by atoms with Crippen LogP contribution in [0.2, 0.25) is 0 Å². The number of hydrazone groups is 1. The highest BCUT2D eigenvalue weighted by Crippen LogP contribution is 2.30. The molecule has 0 radical (unpaired) electrons. The number of benzene rings is 2. The zero-order valence-corrected chi connectivity index (χ0v) is 17.0. The van der Waals surface area contributed by atoms with Crippen LogP contribution in [0.25, 0.3) is 0 Å². The van der Waals surface area contributed by atoms with E-state index in [0.717, 1.165) is 6.07 Å². The number of hydrogen-bond donors (Lipinski definition) is 2. The first-order valence-corrected chi connectivity index (χ1v) is 10.1. The first kappa shape index (κ1) is 22.1. The fourth-order valence-electron chi connectivity index (χ4n) is 2.61. The quantitative estimate of drug-likeness (QED) is 0.360. The second-order valence-corrected chi connectivity index (χ2v) is 7.73. The summed E-state index contributed by atoms with van der Waals surface area (Å²) in [6, 6.07) is 8.35. The molecule has 0 bridgehead atoms. The number of nitro benzene ring substituents is 1. The summed E-state index contributed by atoms with van der Waals surface area (Å²) in [5.74, 6) is 0.126. The first-order chi connectivity index (χ1) is 13.8. The summed E-state index contributed by atoms with van der Waals surface area (Å²) in [6.07, 6.45) is 1.27. The maximum atomic E-state index is 12.6. The number of anilines is 1. The molecule has 29 heavy (non-hydrogen) atoms. The first-order valence-electron chi connectivity index (χ1n) is 8.69. The van der Waals surface area contributed by atoms with Crippen LogP contribution in [0.1, 0.15) is 19.4 Å². The average Bonchev–Trinajstić information content (AvgIpc) is 2.70. The number of sulfonamides is 1. The van der Waals surface area contributed by atoms with Crippen molar-refractivity contribution < 1.29 is 23.2 Å². The largest absolute Gasteiger partial charge is 0.504 e. The molecule has 0 heterocycles. The van der Waals surface area contributed by atoms with E-state index < -0.39 is 20.6 Å². The molecule has 2 N–H and O–H groups in total. The van der Waals surface area contributed by atoms with Crippen LogP contribution in [-0.2, 0) is 10.0 Å². The smallest absolute Gasteiger partial charge is 0.295 e. The van der Waals surface area contributed by atoms with Crippen LogP contribution in [0.5, 0.6) is 11.5 Å². The minimum absolute atomic E-state index is 0.00660. The van der Waals surface area contributed by atoms with Gasteiger partial charge < -0.3 is 9.84 Å². The number of para-hydroxylation sites is 1. The van der Waals surface area contributed by atoms with E-state index in [-0.39, 0.29) is 35.2 Å². The molecule has 0 aliphatic carbocycles. The van der Waals surface area contributed by atoms with Gasteiger partial charge in [-0.15, -0.1) is 0 Å². The molecule has 156 valence electrons. The van der Waals surface area contributed by atoms with E-state index in [2.05, 4.69) is 10.5 Å². The molecule has 0 amide bonds. The third-order valence-corrected chi connectivity index (χ3v) is 6.19. The van der Waals surface area contributed by atoms with Crippen molar-refractivity contribution in [3.63, 3.8) is 0 Å². The van der Waals surface area contributed by atoms with Gasteiger partial charge in [-0.25, -0.2) is 8.42 Å². The number of nitrogens with one attached hydrogen (secondary N) is 1. The highest BCUT2D eigenvalue weighted by Gasteiger charge is 2.25. The second-order valence-electron chi connectivity index (χ2n) is 5.79. The Kier molecular flexibility index (Phi) is 7.13. The number of nitrogens with zero attached hydrogens (tertiary/aromatic N) is 3. The van der Waals surface area contributed by atoms with Gasteiger partial charge in [0.05, 0.1) is 23.1 Å². The number of phenols is 1. The minimum Gasteiger partial charge on any atom is -0.504 e. The van der Waals surface area contributed by atoms with E-state index in [9.17, 15) is 23.6 Å². The summed E-state index contributed by atoms with van der Waals surface area (Å²) < 4.78 is 31.4. The Morgan fingerprint density at radius 2 is 1.97 bits per heavy atom. The normalized spacial score (nSPS) is 11.7. The molecule has 0 spiro atoms. The van der Waals surface area contributed by atoms with Gasteiger partial charge in [0.15, 0.2) is 11.5 Å². The van der Waals surface area contributed by atoms with Crippen molar-refractivity contribution in [2.45, 2.75) is 18.7 Å². The lowest BCUT2D eigenvalue weighted by molar-refractivity contribution is -0.384. The van der Waals surface area contributed by atoms with Crippen molar-refractivity contribution in [2.24, 2.45) is 5.10 Å². The fraction of sp³-hybridized carbons (Fsp3) is 0.278. The molecule has 0 saturated heterocycles. The Morgan fingerprint density at radius 3 is 2.55 bits per heavy atom. The Labute approximate surface area is 168 Å². The molecule has 0 saturated carbocycles. The minimum atomic E-state index is -3.84. The SMILES string of the molecule is CCN(CC)S(=O)(=O)c1ccc(NN=Cc2cccc(OC)c2O)c([N+](=O)[O-])c1. The summed E-state index contributed by atoms with van der Waals surface area (Å²) in [6.45, 7) is 3.88. The number of methoxy groups -OCH3 is 1. The van der Waals surface area contributed by atoms with Crippen LogP contribution < -0.4 is 10.2 Å². The highest BCUT2D eigenvalue weighted by atomic mass is 32.2. The standard InChI is InChI=1S/C18H22N4O6S/c1-4-21(5-2)29(26,27)14-9-10-15(16(11-14)22(24)25)20-19-12-13-7-6-8-17(28-3)18(13)23/h6-12,20,23H,4-5H2,1-3H3. The van der Waals surface area contributed by atoms with Crippen molar-refractivity contribution in [1.29, 1.82) is 0 Å². The summed E-state index contributed by atoms with van der Waals surface area (Å²) in [5, 5.41) is 25.4. The molecule has 11 heteroatoms. The number of hydrogen-bond acceptors (Lipinski definition) is 8. The van der Waals surface area contributed by atoms with E-state index in [0.29, 0.717) is 5.56 Å². The predicted molar refractivity (Wildman–Crippen MR) is 109 cm³/mol. The number of ether oxygens (including phenoxy) is 1. The predicted octanol–water partition coefficient (Wildman–Crippen LogP) is 2.79. The maximum absolute atomic E-state index is 12.6. The summed E-state index contributed by atoms with van der Waals surface area (Å²) in [5.41, 5.74) is 2.41. The van der Waals surface area contributed by atoms with E-state index >= 15 is 0 Å². The monoisotopic (exact) mass is 422 g/mol. The number of phenolic OH excluding ortho intramolecular Hbond substituents is 1.